The fourth-order valence-electron chi connectivity index (χ4n) is 6.48. The monoisotopic (exact) mass is 686 g/mol. The Balaban J connectivity index is 1.92. The Labute approximate surface area is 278 Å². The van der Waals surface area contributed by atoms with E-state index in [1.165, 1.54) is 16.7 Å². The second kappa shape index (κ2) is 12.6. The highest BCUT2D eigenvalue weighted by Crippen LogP contribution is 2.43. The van der Waals surface area contributed by atoms with Gasteiger partial charge in [0.05, 0.1) is 33.7 Å². The Hall–Kier alpha value is -4.47. The largest absolute Gasteiger partial charge is 0.503 e. The molecule has 0 saturated carbocycles. The number of nitriles is 1. The molecule has 2 aliphatic rings. The summed E-state index contributed by atoms with van der Waals surface area (Å²) in [6, 6.07) is 2.19. The van der Waals surface area contributed by atoms with Crippen molar-refractivity contribution >= 4 is 51.5 Å². The van der Waals surface area contributed by atoms with Gasteiger partial charge in [0.2, 0.25) is 5.91 Å². The molecular weight excluding hydrogens is 656 g/mol. The van der Waals surface area contributed by atoms with Crippen molar-refractivity contribution in [3.8, 4) is 23.1 Å². The predicted octanol–water partition coefficient (Wildman–Crippen LogP) is 6.35. The maximum atomic E-state index is 15.4. The third-order valence-corrected chi connectivity index (χ3v) is 9.16. The molecule has 246 valence electrons. The molecule has 14 heteroatoms. The van der Waals surface area contributed by atoms with Gasteiger partial charge in [-0.3, -0.25) is 14.2 Å². The highest BCUT2D eigenvalue weighted by Gasteiger charge is 2.37. The van der Waals surface area contributed by atoms with E-state index in [2.05, 4.69) is 22.9 Å². The third kappa shape index (κ3) is 5.41. The third-order valence-electron chi connectivity index (χ3n) is 8.54. The van der Waals surface area contributed by atoms with E-state index < -0.39 is 51.1 Å². The molecule has 47 heavy (non-hydrogen) atoms. The number of benzene rings is 1. The number of pyridine rings is 2. The van der Waals surface area contributed by atoms with Gasteiger partial charge < -0.3 is 20.2 Å². The minimum absolute atomic E-state index is 0.0799. The Morgan fingerprint density at radius 3 is 2.40 bits per heavy atom. The minimum Gasteiger partial charge on any atom is -0.503 e. The molecule has 2 aromatic heterocycles. The van der Waals surface area contributed by atoms with Crippen molar-refractivity contribution < 1.29 is 23.1 Å². The number of nitrogens with zero attached hydrogens (tertiary/aromatic N) is 5. The van der Waals surface area contributed by atoms with Crippen molar-refractivity contribution in [3.05, 3.63) is 80.0 Å². The van der Waals surface area contributed by atoms with Crippen molar-refractivity contribution in [3.63, 3.8) is 0 Å². The Bertz CT molecular complexity index is 1980. The van der Waals surface area contributed by atoms with E-state index in [1.54, 1.807) is 29.0 Å². The average Bonchev–Trinajstić information content (AvgIpc) is 3.02. The Kier molecular flexibility index (Phi) is 9.10. The number of halogens is 5. The summed E-state index contributed by atoms with van der Waals surface area (Å²) in [5.74, 6) is -6.83. The van der Waals surface area contributed by atoms with Gasteiger partial charge in [-0.25, -0.2) is 18.2 Å². The molecular formula is C33H31Cl2F3N6O3. The van der Waals surface area contributed by atoms with Crippen molar-refractivity contribution in [2.24, 2.45) is 5.92 Å². The number of amides is 1. The molecule has 1 amide bonds. The molecule has 3 aromatic rings. The lowest BCUT2D eigenvalue weighted by Crippen LogP contribution is -2.58. The Morgan fingerprint density at radius 2 is 1.83 bits per heavy atom. The van der Waals surface area contributed by atoms with Gasteiger partial charge in [0.1, 0.15) is 22.3 Å². The van der Waals surface area contributed by atoms with E-state index in [9.17, 15) is 24.3 Å². The van der Waals surface area contributed by atoms with Crippen molar-refractivity contribution in [1.29, 1.82) is 5.26 Å². The lowest BCUT2D eigenvalue weighted by atomic mass is 9.94. The average molecular weight is 688 g/mol. The number of hydrogen-bond donors (Lipinski definition) is 2. The van der Waals surface area contributed by atoms with Gasteiger partial charge in [-0.2, -0.15) is 5.26 Å². The smallest absolute Gasteiger partial charge is 0.276 e. The van der Waals surface area contributed by atoms with Gasteiger partial charge in [0, 0.05) is 30.6 Å². The zero-order chi connectivity index (χ0) is 34.6. The fourth-order valence-corrected chi connectivity index (χ4v) is 6.91. The first-order chi connectivity index (χ1) is 22.2. The molecule has 0 unspecified atom stereocenters. The molecule has 4 heterocycles. The molecule has 1 fully saturated rings. The topological polar surface area (TPSA) is 114 Å². The standard InChI is InChI=1S/C33H31Cl2F3N6O3/c1-7-21(45)43-16(5)12-42(13-17(43)6)30-18-10-20(34)28(22-24(36)23(35)26(38)31(46)25(22)37)41-32(18)44(33(47)19(30)11-39)29-15(4)8-9-40-27(29)14(2)3/h7-10,14,16-17,27,40,46H,1,12-13H2,2-6H3/t16-,17+,27-/m1/s1. The summed E-state index contributed by atoms with van der Waals surface area (Å²) < 4.78 is 46.3. The highest BCUT2D eigenvalue weighted by molar-refractivity contribution is 6.34. The molecule has 5 rings (SSSR count). The van der Waals surface area contributed by atoms with Gasteiger partial charge in [-0.15, -0.1) is 0 Å². The van der Waals surface area contributed by atoms with E-state index in [-0.39, 0.29) is 64.3 Å². The lowest BCUT2D eigenvalue weighted by molar-refractivity contribution is -0.130. The van der Waals surface area contributed by atoms with Gasteiger partial charge in [-0.05, 0) is 56.7 Å². The van der Waals surface area contributed by atoms with E-state index in [1.807, 2.05) is 27.7 Å². The van der Waals surface area contributed by atoms with Crippen molar-refractivity contribution in [2.45, 2.75) is 52.7 Å². The maximum Gasteiger partial charge on any atom is 0.276 e. The molecule has 9 nitrogen and oxygen atoms in total. The highest BCUT2D eigenvalue weighted by atomic mass is 35.5. The zero-order valence-electron chi connectivity index (χ0n) is 26.1. The van der Waals surface area contributed by atoms with E-state index in [0.29, 0.717) is 11.3 Å². The molecule has 0 bridgehead atoms. The van der Waals surface area contributed by atoms with Crippen LogP contribution in [-0.4, -0.2) is 56.7 Å². The van der Waals surface area contributed by atoms with E-state index >= 15 is 8.78 Å². The number of anilines is 1. The minimum atomic E-state index is -1.70. The molecule has 2 N–H and O–H groups in total. The summed E-state index contributed by atoms with van der Waals surface area (Å²) >= 11 is 12.4. The van der Waals surface area contributed by atoms with Crippen LogP contribution in [-0.2, 0) is 4.79 Å². The van der Waals surface area contributed by atoms with Crippen LogP contribution in [0.2, 0.25) is 10.0 Å². The van der Waals surface area contributed by atoms with Crippen LogP contribution >= 0.6 is 23.2 Å². The molecule has 1 saturated heterocycles. The number of phenolic OH excluding ortho intramolecular Hbond substituents is 1. The Morgan fingerprint density at radius 1 is 1.19 bits per heavy atom. The van der Waals surface area contributed by atoms with Crippen LogP contribution in [0.3, 0.4) is 0 Å². The first-order valence-corrected chi connectivity index (χ1v) is 15.5. The molecule has 1 aromatic carbocycles. The number of carbonyl (C=O) groups is 1. The van der Waals surface area contributed by atoms with Crippen LogP contribution in [0.15, 0.2) is 41.4 Å². The maximum absolute atomic E-state index is 15.4. The van der Waals surface area contributed by atoms with Crippen molar-refractivity contribution in [2.75, 3.05) is 18.0 Å². The number of carbonyl (C=O) groups excluding carboxylic acids is 1. The van der Waals surface area contributed by atoms with Crippen LogP contribution in [0, 0.1) is 34.7 Å². The fraction of sp³-hybridized carbons (Fsp3) is 0.333. The number of aromatic hydroxyl groups is 1. The van der Waals surface area contributed by atoms with Gasteiger partial charge >= 0.3 is 0 Å². The summed E-state index contributed by atoms with van der Waals surface area (Å²) in [6.45, 7) is 13.3. The van der Waals surface area contributed by atoms with Gasteiger partial charge in [0.15, 0.2) is 23.2 Å². The summed E-state index contributed by atoms with van der Waals surface area (Å²) in [6.07, 6.45) is 4.68. The molecule has 2 aliphatic heterocycles. The number of hydrogen-bond acceptors (Lipinski definition) is 7. The number of dihydropyridines is 1. The number of fused-ring (bicyclic) bond motifs is 1. The SMILES string of the molecule is C=CC(=O)N1[C@H](C)CN(c2c(C#N)c(=O)n(C3=C(C)C=CN[C@@H]3C(C)C)c3nc(-c4c(F)c(O)c(F)c(Cl)c4F)c(Cl)cc23)C[C@@H]1C. The summed E-state index contributed by atoms with van der Waals surface area (Å²) in [4.78, 5) is 35.1. The van der Waals surface area contributed by atoms with Crippen LogP contribution in [0.25, 0.3) is 28.0 Å². The van der Waals surface area contributed by atoms with Gasteiger partial charge in [0.25, 0.3) is 5.56 Å². The number of allylic oxidation sites excluding steroid dienone is 2. The second-order valence-electron chi connectivity index (χ2n) is 12.0. The summed E-state index contributed by atoms with van der Waals surface area (Å²) in [5.41, 5.74) is -1.39. The number of phenols is 1. The van der Waals surface area contributed by atoms with Crippen LogP contribution < -0.4 is 15.8 Å². The number of nitrogens with one attached hydrogen (secondary N) is 1. The summed E-state index contributed by atoms with van der Waals surface area (Å²) in [5, 5.41) is 22.5. The van der Waals surface area contributed by atoms with E-state index in [0.717, 1.165) is 0 Å². The molecule has 0 spiro atoms. The normalized spacial score (nSPS) is 19.7. The van der Waals surface area contributed by atoms with Crippen LogP contribution in [0.1, 0.15) is 40.2 Å². The predicted molar refractivity (Wildman–Crippen MR) is 176 cm³/mol. The van der Waals surface area contributed by atoms with Crippen molar-refractivity contribution in [1.82, 2.24) is 19.8 Å². The second-order valence-corrected chi connectivity index (χ2v) is 12.8. The lowest BCUT2D eigenvalue weighted by Gasteiger charge is -2.45. The molecule has 3 atom stereocenters. The quantitative estimate of drug-likeness (QED) is 0.183. The first kappa shape index (κ1) is 33.9. The molecule has 0 aliphatic carbocycles. The van der Waals surface area contributed by atoms with Gasteiger partial charge in [-0.1, -0.05) is 43.6 Å². The number of aromatic nitrogens is 2. The number of piperazine rings is 1. The first-order valence-electron chi connectivity index (χ1n) is 14.7. The van der Waals surface area contributed by atoms with Crippen LogP contribution in [0.4, 0.5) is 18.9 Å². The molecule has 0 radical (unpaired) electrons. The zero-order valence-corrected chi connectivity index (χ0v) is 27.6. The summed E-state index contributed by atoms with van der Waals surface area (Å²) in [7, 11) is 0. The van der Waals surface area contributed by atoms with E-state index in [4.69, 9.17) is 23.2 Å². The number of rotatable bonds is 5. The van der Waals surface area contributed by atoms with Crippen LogP contribution in [0.5, 0.6) is 5.75 Å².